The molecular formula is C21H22F2O4S. The molecule has 0 unspecified atom stereocenters. The number of alkyl halides is 2. The van der Waals surface area contributed by atoms with E-state index in [1.165, 1.54) is 31.4 Å². The van der Waals surface area contributed by atoms with Crippen LogP contribution in [0.4, 0.5) is 8.78 Å². The third-order valence-corrected chi connectivity index (χ3v) is 4.43. The fourth-order valence-electron chi connectivity index (χ4n) is 2.46. The molecule has 0 bridgehead atoms. The number of rotatable bonds is 9. The summed E-state index contributed by atoms with van der Waals surface area (Å²) in [4.78, 5) is 12.8. The zero-order valence-corrected chi connectivity index (χ0v) is 16.9. The largest absolute Gasteiger partial charge is 0.496 e. The predicted molar refractivity (Wildman–Crippen MR) is 107 cm³/mol. The average molecular weight is 408 g/mol. The molecule has 0 heterocycles. The minimum absolute atomic E-state index is 0.0664. The van der Waals surface area contributed by atoms with Gasteiger partial charge in [-0.25, -0.2) is 0 Å². The summed E-state index contributed by atoms with van der Waals surface area (Å²) >= 11 is 0.374. The third kappa shape index (κ3) is 5.73. The van der Waals surface area contributed by atoms with E-state index >= 15 is 0 Å². The van der Waals surface area contributed by atoms with Gasteiger partial charge in [0.2, 0.25) is 0 Å². The summed E-state index contributed by atoms with van der Waals surface area (Å²) in [5.74, 6) is -1.51. The maximum atomic E-state index is 12.6. The smallest absolute Gasteiger partial charge is 0.289 e. The van der Waals surface area contributed by atoms with Crippen molar-refractivity contribution in [2.24, 2.45) is 0 Å². The summed E-state index contributed by atoms with van der Waals surface area (Å²) in [7, 11) is 2.92. The molecule has 7 heteroatoms. The van der Waals surface area contributed by atoms with E-state index in [9.17, 15) is 13.6 Å². The van der Waals surface area contributed by atoms with Crippen LogP contribution in [-0.4, -0.2) is 31.9 Å². The lowest BCUT2D eigenvalue weighted by Gasteiger charge is -2.15. The van der Waals surface area contributed by atoms with Crippen molar-refractivity contribution >= 4 is 23.6 Å². The van der Waals surface area contributed by atoms with Gasteiger partial charge in [-0.2, -0.15) is 8.78 Å². The minimum Gasteiger partial charge on any atom is -0.496 e. The van der Waals surface area contributed by atoms with Gasteiger partial charge in [0.05, 0.1) is 25.2 Å². The topological polar surface area (TPSA) is 44.8 Å². The van der Waals surface area contributed by atoms with Gasteiger partial charge in [0.25, 0.3) is 5.76 Å². The van der Waals surface area contributed by atoms with Gasteiger partial charge in [-0.15, -0.1) is 0 Å². The number of benzene rings is 2. The number of ketones is 1. The van der Waals surface area contributed by atoms with Crippen molar-refractivity contribution in [1.29, 1.82) is 0 Å². The van der Waals surface area contributed by atoms with Crippen LogP contribution >= 0.6 is 11.8 Å². The number of thioether (sulfide) groups is 1. The molecule has 2 aromatic carbocycles. The molecule has 2 rings (SSSR count). The lowest BCUT2D eigenvalue weighted by Crippen LogP contribution is -2.08. The molecule has 2 aromatic rings. The molecule has 0 aliphatic rings. The molecule has 0 aromatic heterocycles. The first-order chi connectivity index (χ1) is 13.3. The molecule has 0 N–H and O–H groups in total. The summed E-state index contributed by atoms with van der Waals surface area (Å²) in [5.41, 5.74) is 1.03. The Labute approximate surface area is 167 Å². The second kappa shape index (κ2) is 10.1. The van der Waals surface area contributed by atoms with Gasteiger partial charge < -0.3 is 14.2 Å². The first kappa shape index (κ1) is 21.8. The summed E-state index contributed by atoms with van der Waals surface area (Å²) in [6.45, 7) is 3.80. The van der Waals surface area contributed by atoms with Gasteiger partial charge in [-0.05, 0) is 50.3 Å². The lowest BCUT2D eigenvalue weighted by molar-refractivity contribution is 0.104. The van der Waals surface area contributed by atoms with Crippen LogP contribution in [0.3, 0.4) is 0 Å². The second-order valence-corrected chi connectivity index (χ2v) is 7.02. The van der Waals surface area contributed by atoms with Crippen molar-refractivity contribution in [3.05, 3.63) is 53.6 Å². The van der Waals surface area contributed by atoms with Crippen LogP contribution in [0.25, 0.3) is 6.08 Å². The molecule has 0 saturated carbocycles. The fraction of sp³-hybridized carbons (Fsp3) is 0.286. The number of hydrogen-bond acceptors (Lipinski definition) is 5. The van der Waals surface area contributed by atoms with E-state index in [1.54, 1.807) is 25.3 Å². The summed E-state index contributed by atoms with van der Waals surface area (Å²) in [6, 6.07) is 9.80. The van der Waals surface area contributed by atoms with Crippen LogP contribution in [0.5, 0.6) is 17.2 Å². The molecule has 0 spiro atoms. The van der Waals surface area contributed by atoms with Gasteiger partial charge in [-0.1, -0.05) is 23.9 Å². The molecule has 0 radical (unpaired) electrons. The monoisotopic (exact) mass is 408 g/mol. The Bertz CT molecular complexity index is 850. The van der Waals surface area contributed by atoms with E-state index < -0.39 is 5.76 Å². The molecule has 0 saturated heterocycles. The van der Waals surface area contributed by atoms with E-state index in [-0.39, 0.29) is 22.5 Å². The van der Waals surface area contributed by atoms with Gasteiger partial charge in [0.15, 0.2) is 17.3 Å². The van der Waals surface area contributed by atoms with E-state index in [2.05, 4.69) is 0 Å². The van der Waals surface area contributed by atoms with Gasteiger partial charge in [-0.3, -0.25) is 4.79 Å². The number of carbonyl (C=O) groups is 1. The summed E-state index contributed by atoms with van der Waals surface area (Å²) in [6.07, 6.45) is 2.97. The maximum Gasteiger partial charge on any atom is 0.289 e. The van der Waals surface area contributed by atoms with Crippen molar-refractivity contribution in [3.63, 3.8) is 0 Å². The molecule has 0 aliphatic heterocycles. The number of allylic oxidation sites excluding steroid dienone is 1. The SMILES string of the molecule is COc1cc(C(=O)/C=C/c2cccc(OC)c2OC(C)C)ccc1SC(F)F. The maximum absolute atomic E-state index is 12.6. The highest BCUT2D eigenvalue weighted by Gasteiger charge is 2.14. The van der Waals surface area contributed by atoms with Crippen LogP contribution in [0.15, 0.2) is 47.4 Å². The Morgan fingerprint density at radius 1 is 1.07 bits per heavy atom. The van der Waals surface area contributed by atoms with Crippen molar-refractivity contribution in [2.75, 3.05) is 14.2 Å². The highest BCUT2D eigenvalue weighted by molar-refractivity contribution is 7.99. The zero-order chi connectivity index (χ0) is 20.7. The van der Waals surface area contributed by atoms with Crippen LogP contribution in [0.2, 0.25) is 0 Å². The van der Waals surface area contributed by atoms with Gasteiger partial charge in [0.1, 0.15) is 5.75 Å². The quantitative estimate of drug-likeness (QED) is 0.302. The van der Waals surface area contributed by atoms with E-state index in [1.807, 2.05) is 19.9 Å². The lowest BCUT2D eigenvalue weighted by atomic mass is 10.1. The average Bonchev–Trinajstić information content (AvgIpc) is 2.66. The van der Waals surface area contributed by atoms with Crippen LogP contribution < -0.4 is 14.2 Å². The Morgan fingerprint density at radius 3 is 2.39 bits per heavy atom. The molecule has 0 amide bonds. The summed E-state index contributed by atoms with van der Waals surface area (Å²) < 4.78 is 41.5. The van der Waals surface area contributed by atoms with Crippen molar-refractivity contribution in [2.45, 2.75) is 30.6 Å². The summed E-state index contributed by atoms with van der Waals surface area (Å²) in [5, 5.41) is 0. The van der Waals surface area contributed by atoms with Crippen LogP contribution in [-0.2, 0) is 0 Å². The second-order valence-electron chi connectivity index (χ2n) is 5.99. The molecule has 0 fully saturated rings. The number of hydrogen-bond donors (Lipinski definition) is 0. The Hall–Kier alpha value is -2.54. The highest BCUT2D eigenvalue weighted by atomic mass is 32.2. The van der Waals surface area contributed by atoms with Gasteiger partial charge in [0, 0.05) is 11.1 Å². The number of para-hydroxylation sites is 1. The first-order valence-corrected chi connectivity index (χ1v) is 9.42. The Balaban J connectivity index is 2.29. The third-order valence-electron chi connectivity index (χ3n) is 3.66. The van der Waals surface area contributed by atoms with Crippen molar-refractivity contribution in [3.8, 4) is 17.2 Å². The first-order valence-electron chi connectivity index (χ1n) is 8.54. The van der Waals surface area contributed by atoms with Crippen molar-refractivity contribution < 1.29 is 27.8 Å². The standard InChI is InChI=1S/C21H22F2O4S/c1-13(2)27-20-14(6-5-7-17(20)25-3)8-10-16(24)15-9-11-19(28-21(22)23)18(12-15)26-4/h5-13,21H,1-4H3/b10-8+. The Kier molecular flexibility index (Phi) is 7.87. The van der Waals surface area contributed by atoms with E-state index in [0.29, 0.717) is 34.4 Å². The normalized spacial score (nSPS) is 11.3. The number of halogens is 2. The zero-order valence-electron chi connectivity index (χ0n) is 16.1. The van der Waals surface area contributed by atoms with E-state index in [0.717, 1.165) is 0 Å². The molecule has 4 nitrogen and oxygen atoms in total. The number of methoxy groups -OCH3 is 2. The van der Waals surface area contributed by atoms with Crippen molar-refractivity contribution in [1.82, 2.24) is 0 Å². The Morgan fingerprint density at radius 2 is 1.79 bits per heavy atom. The van der Waals surface area contributed by atoms with Crippen LogP contribution in [0.1, 0.15) is 29.8 Å². The molecular weight excluding hydrogens is 386 g/mol. The van der Waals surface area contributed by atoms with Crippen LogP contribution in [0, 0.1) is 0 Å². The van der Waals surface area contributed by atoms with E-state index in [4.69, 9.17) is 14.2 Å². The molecule has 150 valence electrons. The highest BCUT2D eigenvalue weighted by Crippen LogP contribution is 2.35. The van der Waals surface area contributed by atoms with Gasteiger partial charge >= 0.3 is 0 Å². The fourth-order valence-corrected chi connectivity index (χ4v) is 3.06. The predicted octanol–water partition coefficient (Wildman–Crippen LogP) is 5.70. The number of ether oxygens (including phenoxy) is 3. The number of carbonyl (C=O) groups excluding carboxylic acids is 1. The minimum atomic E-state index is -2.57. The molecule has 0 atom stereocenters. The molecule has 0 aliphatic carbocycles. The molecule has 28 heavy (non-hydrogen) atoms.